The average Bonchev–Trinajstić information content (AvgIpc) is 2.80. The van der Waals surface area contributed by atoms with E-state index in [0.29, 0.717) is 32.0 Å². The molecule has 1 aromatic heterocycles. The summed E-state index contributed by atoms with van der Waals surface area (Å²) in [6.07, 6.45) is -2.03. The van der Waals surface area contributed by atoms with Gasteiger partial charge in [-0.15, -0.1) is 0 Å². The summed E-state index contributed by atoms with van der Waals surface area (Å²) in [6, 6.07) is 12.8. The van der Waals surface area contributed by atoms with Crippen molar-refractivity contribution in [1.82, 2.24) is 20.1 Å². The normalized spacial score (nSPS) is 18.6. The monoisotopic (exact) mass is 447 g/mol. The fourth-order valence-electron chi connectivity index (χ4n) is 4.21. The van der Waals surface area contributed by atoms with Gasteiger partial charge in [0.1, 0.15) is 5.82 Å². The van der Waals surface area contributed by atoms with E-state index in [1.165, 1.54) is 11.6 Å². The number of hydrogen-bond acceptors (Lipinski definition) is 4. The molecule has 2 aliphatic heterocycles. The van der Waals surface area contributed by atoms with Crippen LogP contribution in [0, 0.1) is 0 Å². The number of pyridine rings is 1. The van der Waals surface area contributed by atoms with E-state index in [9.17, 15) is 18.0 Å². The molecule has 3 heterocycles. The number of amides is 2. The molecule has 2 fully saturated rings. The number of piperazine rings is 1. The van der Waals surface area contributed by atoms with Crippen LogP contribution in [-0.4, -0.2) is 66.1 Å². The SMILES string of the molecule is O=C(NC1CCN(c2ccc(C(F)(F)F)cn2)CC1)N1CCN(Cc2ccccc2)CC1. The third-order valence-corrected chi connectivity index (χ3v) is 6.13. The summed E-state index contributed by atoms with van der Waals surface area (Å²) in [5.41, 5.74) is 0.534. The summed E-state index contributed by atoms with van der Waals surface area (Å²) in [5.74, 6) is 0.539. The van der Waals surface area contributed by atoms with Crippen LogP contribution in [0.4, 0.5) is 23.8 Å². The molecule has 32 heavy (non-hydrogen) atoms. The van der Waals surface area contributed by atoms with E-state index in [2.05, 4.69) is 27.3 Å². The second-order valence-electron chi connectivity index (χ2n) is 8.36. The van der Waals surface area contributed by atoms with Crippen molar-refractivity contribution in [1.29, 1.82) is 0 Å². The number of alkyl halides is 3. The quantitative estimate of drug-likeness (QED) is 0.778. The molecule has 2 aliphatic rings. The van der Waals surface area contributed by atoms with Gasteiger partial charge in [-0.1, -0.05) is 30.3 Å². The van der Waals surface area contributed by atoms with Gasteiger partial charge in [-0.25, -0.2) is 9.78 Å². The zero-order valence-corrected chi connectivity index (χ0v) is 17.9. The Labute approximate surface area is 186 Å². The molecule has 1 N–H and O–H groups in total. The third-order valence-electron chi connectivity index (χ3n) is 6.13. The van der Waals surface area contributed by atoms with Gasteiger partial charge in [0, 0.05) is 58.1 Å². The van der Waals surface area contributed by atoms with Gasteiger partial charge < -0.3 is 15.1 Å². The van der Waals surface area contributed by atoms with Crippen molar-refractivity contribution < 1.29 is 18.0 Å². The lowest BCUT2D eigenvalue weighted by Gasteiger charge is -2.37. The van der Waals surface area contributed by atoms with Gasteiger partial charge >= 0.3 is 12.2 Å². The number of carbonyl (C=O) groups is 1. The standard InChI is InChI=1S/C23H28F3N5O/c24-23(25,26)19-6-7-21(27-16-19)30-10-8-20(9-11-30)28-22(32)31-14-12-29(13-15-31)17-18-4-2-1-3-5-18/h1-7,16,20H,8-15,17H2,(H,28,32). The van der Waals surface area contributed by atoms with Gasteiger partial charge in [0.05, 0.1) is 5.56 Å². The Balaban J connectivity index is 1.19. The Morgan fingerprint density at radius 3 is 2.25 bits per heavy atom. The maximum absolute atomic E-state index is 12.7. The van der Waals surface area contributed by atoms with E-state index in [4.69, 9.17) is 0 Å². The molecule has 9 heteroatoms. The second kappa shape index (κ2) is 9.77. The zero-order chi connectivity index (χ0) is 22.6. The molecule has 172 valence electrons. The number of nitrogens with one attached hydrogen (secondary N) is 1. The maximum atomic E-state index is 12.7. The Kier molecular flexibility index (Phi) is 6.83. The first kappa shape index (κ1) is 22.4. The molecule has 4 rings (SSSR count). The Bertz CT molecular complexity index is 875. The molecule has 6 nitrogen and oxygen atoms in total. The molecular formula is C23H28F3N5O. The molecular weight excluding hydrogens is 419 g/mol. The van der Waals surface area contributed by atoms with Gasteiger partial charge in [0.2, 0.25) is 0 Å². The topological polar surface area (TPSA) is 51.7 Å². The minimum Gasteiger partial charge on any atom is -0.356 e. The zero-order valence-electron chi connectivity index (χ0n) is 17.9. The molecule has 0 atom stereocenters. The summed E-state index contributed by atoms with van der Waals surface area (Å²) in [7, 11) is 0. The van der Waals surface area contributed by atoms with Crippen molar-refractivity contribution >= 4 is 11.8 Å². The first-order valence-corrected chi connectivity index (χ1v) is 11.0. The maximum Gasteiger partial charge on any atom is 0.417 e. The van der Waals surface area contributed by atoms with Gasteiger partial charge in [0.15, 0.2) is 0 Å². The van der Waals surface area contributed by atoms with Crippen molar-refractivity contribution in [3.63, 3.8) is 0 Å². The van der Waals surface area contributed by atoms with E-state index in [-0.39, 0.29) is 12.1 Å². The first-order chi connectivity index (χ1) is 15.4. The molecule has 2 amide bonds. The molecule has 0 unspecified atom stereocenters. The highest BCUT2D eigenvalue weighted by atomic mass is 19.4. The summed E-state index contributed by atoms with van der Waals surface area (Å²) >= 11 is 0. The van der Waals surface area contributed by atoms with Crippen molar-refractivity contribution in [3.8, 4) is 0 Å². The molecule has 1 aromatic carbocycles. The molecule has 0 aliphatic carbocycles. The van der Waals surface area contributed by atoms with E-state index >= 15 is 0 Å². The van der Waals surface area contributed by atoms with Crippen LogP contribution in [0.1, 0.15) is 24.0 Å². The van der Waals surface area contributed by atoms with E-state index < -0.39 is 11.7 Å². The first-order valence-electron chi connectivity index (χ1n) is 11.0. The summed E-state index contributed by atoms with van der Waals surface area (Å²) in [4.78, 5) is 22.8. The third kappa shape index (κ3) is 5.70. The smallest absolute Gasteiger partial charge is 0.356 e. The number of piperidine rings is 1. The van der Waals surface area contributed by atoms with Crippen LogP contribution >= 0.6 is 0 Å². The Morgan fingerprint density at radius 1 is 0.969 bits per heavy atom. The average molecular weight is 448 g/mol. The number of hydrogen-bond donors (Lipinski definition) is 1. The lowest BCUT2D eigenvalue weighted by molar-refractivity contribution is -0.137. The van der Waals surface area contributed by atoms with E-state index in [1.54, 1.807) is 0 Å². The highest BCUT2D eigenvalue weighted by molar-refractivity contribution is 5.74. The van der Waals surface area contributed by atoms with Crippen molar-refractivity contribution in [2.75, 3.05) is 44.2 Å². The lowest BCUT2D eigenvalue weighted by Crippen LogP contribution is -2.54. The van der Waals surface area contributed by atoms with Gasteiger partial charge in [0.25, 0.3) is 0 Å². The number of rotatable bonds is 4. The fraction of sp³-hybridized carbons (Fsp3) is 0.478. The number of halogens is 3. The van der Waals surface area contributed by atoms with Crippen LogP contribution in [0.25, 0.3) is 0 Å². The molecule has 2 saturated heterocycles. The number of nitrogens with zero attached hydrogens (tertiary/aromatic N) is 4. The number of anilines is 1. The van der Waals surface area contributed by atoms with E-state index in [1.807, 2.05) is 28.0 Å². The molecule has 0 spiro atoms. The summed E-state index contributed by atoms with van der Waals surface area (Å²) < 4.78 is 38.1. The number of urea groups is 1. The highest BCUT2D eigenvalue weighted by Gasteiger charge is 2.31. The second-order valence-corrected chi connectivity index (χ2v) is 8.36. The van der Waals surface area contributed by atoms with Crippen LogP contribution in [0.5, 0.6) is 0 Å². The van der Waals surface area contributed by atoms with Crippen LogP contribution in [0.2, 0.25) is 0 Å². The summed E-state index contributed by atoms with van der Waals surface area (Å²) in [5, 5.41) is 3.13. The molecule has 0 saturated carbocycles. The number of benzene rings is 1. The van der Waals surface area contributed by atoms with Crippen LogP contribution < -0.4 is 10.2 Å². The Morgan fingerprint density at radius 2 is 1.66 bits per heavy atom. The van der Waals surface area contributed by atoms with Crippen LogP contribution in [0.3, 0.4) is 0 Å². The van der Waals surface area contributed by atoms with Crippen molar-refractivity contribution in [3.05, 3.63) is 59.8 Å². The van der Waals surface area contributed by atoms with Gasteiger partial charge in [-0.05, 0) is 30.5 Å². The minimum absolute atomic E-state index is 0.0320. The Hall–Kier alpha value is -2.81. The molecule has 0 bridgehead atoms. The van der Waals surface area contributed by atoms with Gasteiger partial charge in [-0.3, -0.25) is 4.90 Å². The van der Waals surface area contributed by atoms with Crippen molar-refractivity contribution in [2.45, 2.75) is 31.6 Å². The highest BCUT2D eigenvalue weighted by Crippen LogP contribution is 2.29. The molecule has 0 radical (unpaired) electrons. The van der Waals surface area contributed by atoms with Crippen LogP contribution in [0.15, 0.2) is 48.7 Å². The molecule has 2 aromatic rings. The summed E-state index contributed by atoms with van der Waals surface area (Å²) in [6.45, 7) is 5.29. The van der Waals surface area contributed by atoms with E-state index in [0.717, 1.165) is 44.7 Å². The predicted molar refractivity (Wildman–Crippen MR) is 116 cm³/mol. The number of carbonyl (C=O) groups excluding carboxylic acids is 1. The lowest BCUT2D eigenvalue weighted by atomic mass is 10.1. The van der Waals surface area contributed by atoms with Crippen LogP contribution in [-0.2, 0) is 12.7 Å². The van der Waals surface area contributed by atoms with Gasteiger partial charge in [-0.2, -0.15) is 13.2 Å². The largest absolute Gasteiger partial charge is 0.417 e. The fourth-order valence-corrected chi connectivity index (χ4v) is 4.21. The minimum atomic E-state index is -4.38. The predicted octanol–water partition coefficient (Wildman–Crippen LogP) is 3.60. The number of aromatic nitrogens is 1. The van der Waals surface area contributed by atoms with Crippen molar-refractivity contribution in [2.24, 2.45) is 0 Å².